The number of benzene rings is 2. The van der Waals surface area contributed by atoms with E-state index in [1.54, 1.807) is 0 Å². The van der Waals surface area contributed by atoms with Gasteiger partial charge in [-0.05, 0) is 42.9 Å². The van der Waals surface area contributed by atoms with Crippen molar-refractivity contribution in [2.24, 2.45) is 5.92 Å². The molecule has 0 spiro atoms. The lowest BCUT2D eigenvalue weighted by Gasteiger charge is -2.35. The minimum absolute atomic E-state index is 0.0653. The SMILES string of the molecule is CC(C1CC1)N(Cc1ccccc1)C(=O)C1CC(=O)Nc2ccccc21. The average molecular weight is 348 g/mol. The highest BCUT2D eigenvalue weighted by atomic mass is 16.2. The number of carbonyl (C=O) groups excluding carboxylic acids is 2. The summed E-state index contributed by atoms with van der Waals surface area (Å²) < 4.78 is 0. The van der Waals surface area contributed by atoms with Crippen molar-refractivity contribution in [3.63, 3.8) is 0 Å². The van der Waals surface area contributed by atoms with Crippen LogP contribution < -0.4 is 5.32 Å². The summed E-state index contributed by atoms with van der Waals surface area (Å²) in [5, 5.41) is 2.89. The Labute approximate surface area is 154 Å². The first-order valence-electron chi connectivity index (χ1n) is 9.36. The number of anilines is 1. The molecule has 4 nitrogen and oxygen atoms in total. The maximum atomic E-state index is 13.5. The quantitative estimate of drug-likeness (QED) is 0.890. The molecule has 1 saturated carbocycles. The second kappa shape index (κ2) is 6.94. The van der Waals surface area contributed by atoms with E-state index in [-0.39, 0.29) is 24.3 Å². The van der Waals surface area contributed by atoms with Crippen molar-refractivity contribution in [1.82, 2.24) is 4.90 Å². The van der Waals surface area contributed by atoms with E-state index in [0.29, 0.717) is 12.5 Å². The minimum atomic E-state index is -0.398. The molecule has 1 heterocycles. The average Bonchev–Trinajstić information content (AvgIpc) is 3.50. The zero-order chi connectivity index (χ0) is 18.1. The Morgan fingerprint density at radius 3 is 2.54 bits per heavy atom. The van der Waals surface area contributed by atoms with Crippen molar-refractivity contribution in [2.75, 3.05) is 5.32 Å². The normalized spacial score (nSPS) is 20.0. The summed E-state index contributed by atoms with van der Waals surface area (Å²) in [6.07, 6.45) is 2.58. The molecule has 0 aromatic heterocycles. The van der Waals surface area contributed by atoms with Crippen molar-refractivity contribution < 1.29 is 9.59 Å². The predicted octanol–water partition coefficient (Wildman–Crippen LogP) is 3.94. The van der Waals surface area contributed by atoms with Gasteiger partial charge in [-0.2, -0.15) is 0 Å². The van der Waals surface area contributed by atoms with Crippen LogP contribution in [0.1, 0.15) is 43.2 Å². The standard InChI is InChI=1S/C22H24N2O2/c1-15(17-11-12-17)24(14-16-7-3-2-4-8-16)22(26)19-13-21(25)23-20-10-6-5-9-18(19)20/h2-10,15,17,19H,11-14H2,1H3,(H,23,25). The monoisotopic (exact) mass is 348 g/mol. The molecule has 2 unspecified atom stereocenters. The molecule has 0 radical (unpaired) electrons. The van der Waals surface area contributed by atoms with Crippen LogP contribution >= 0.6 is 0 Å². The summed E-state index contributed by atoms with van der Waals surface area (Å²) in [5.74, 6) is 0.163. The Hall–Kier alpha value is -2.62. The molecule has 2 atom stereocenters. The van der Waals surface area contributed by atoms with Gasteiger partial charge in [-0.3, -0.25) is 9.59 Å². The maximum absolute atomic E-state index is 13.5. The van der Waals surface area contributed by atoms with Gasteiger partial charge < -0.3 is 10.2 Å². The van der Waals surface area contributed by atoms with Crippen molar-refractivity contribution >= 4 is 17.5 Å². The van der Waals surface area contributed by atoms with E-state index < -0.39 is 5.92 Å². The van der Waals surface area contributed by atoms with Gasteiger partial charge in [0.15, 0.2) is 0 Å². The smallest absolute Gasteiger partial charge is 0.231 e. The predicted molar refractivity (Wildman–Crippen MR) is 102 cm³/mol. The topological polar surface area (TPSA) is 49.4 Å². The van der Waals surface area contributed by atoms with Gasteiger partial charge in [0.2, 0.25) is 11.8 Å². The third-order valence-electron chi connectivity index (χ3n) is 5.57. The first-order valence-corrected chi connectivity index (χ1v) is 9.36. The van der Waals surface area contributed by atoms with Crippen LogP contribution in [0.4, 0.5) is 5.69 Å². The fourth-order valence-electron chi connectivity index (χ4n) is 3.87. The summed E-state index contributed by atoms with van der Waals surface area (Å²) in [5.41, 5.74) is 2.82. The van der Waals surface area contributed by atoms with E-state index in [1.165, 1.54) is 12.8 Å². The van der Waals surface area contributed by atoms with E-state index in [4.69, 9.17) is 0 Å². The fourth-order valence-corrected chi connectivity index (χ4v) is 3.87. The van der Waals surface area contributed by atoms with Crippen molar-refractivity contribution in [2.45, 2.75) is 44.7 Å². The number of hydrogen-bond acceptors (Lipinski definition) is 2. The molecule has 2 amide bonds. The van der Waals surface area contributed by atoms with Crippen LogP contribution in [0.15, 0.2) is 54.6 Å². The maximum Gasteiger partial charge on any atom is 0.231 e. The third kappa shape index (κ3) is 3.36. The van der Waals surface area contributed by atoms with Crippen LogP contribution in [0.2, 0.25) is 0 Å². The fraction of sp³-hybridized carbons (Fsp3) is 0.364. The minimum Gasteiger partial charge on any atom is -0.335 e. The highest BCUT2D eigenvalue weighted by molar-refractivity contribution is 6.01. The lowest BCUT2D eigenvalue weighted by molar-refractivity contribution is -0.137. The second-order valence-electron chi connectivity index (χ2n) is 7.42. The summed E-state index contributed by atoms with van der Waals surface area (Å²) >= 11 is 0. The van der Waals surface area contributed by atoms with Crippen LogP contribution in [0, 0.1) is 5.92 Å². The molecule has 1 N–H and O–H groups in total. The summed E-state index contributed by atoms with van der Waals surface area (Å²) in [6, 6.07) is 18.0. The molecular weight excluding hydrogens is 324 g/mol. The molecule has 1 fully saturated rings. The van der Waals surface area contributed by atoms with Gasteiger partial charge in [-0.25, -0.2) is 0 Å². The molecule has 4 rings (SSSR count). The van der Waals surface area contributed by atoms with Gasteiger partial charge in [-0.15, -0.1) is 0 Å². The van der Waals surface area contributed by atoms with Gasteiger partial charge in [0, 0.05) is 24.7 Å². The van der Waals surface area contributed by atoms with E-state index in [9.17, 15) is 9.59 Å². The molecule has 2 aromatic carbocycles. The van der Waals surface area contributed by atoms with E-state index >= 15 is 0 Å². The van der Waals surface area contributed by atoms with Gasteiger partial charge >= 0.3 is 0 Å². The Balaban J connectivity index is 1.65. The first kappa shape index (κ1) is 16.8. The zero-order valence-corrected chi connectivity index (χ0v) is 15.0. The summed E-state index contributed by atoms with van der Waals surface area (Å²) in [6.45, 7) is 2.74. The largest absolute Gasteiger partial charge is 0.335 e. The zero-order valence-electron chi connectivity index (χ0n) is 15.0. The van der Waals surface area contributed by atoms with Crippen LogP contribution in [0.3, 0.4) is 0 Å². The van der Waals surface area contributed by atoms with Gasteiger partial charge in [0.25, 0.3) is 0 Å². The molecule has 4 heteroatoms. The number of fused-ring (bicyclic) bond motifs is 1. The molecule has 0 bridgehead atoms. The molecule has 1 aliphatic carbocycles. The number of nitrogens with one attached hydrogen (secondary N) is 1. The van der Waals surface area contributed by atoms with Gasteiger partial charge in [-0.1, -0.05) is 48.5 Å². The number of amides is 2. The Morgan fingerprint density at radius 2 is 1.81 bits per heavy atom. The summed E-state index contributed by atoms with van der Waals surface area (Å²) in [7, 11) is 0. The lowest BCUT2D eigenvalue weighted by Crippen LogP contribution is -2.44. The molecule has 2 aliphatic rings. The number of carbonyl (C=O) groups is 2. The van der Waals surface area contributed by atoms with Gasteiger partial charge in [0.1, 0.15) is 0 Å². The Morgan fingerprint density at radius 1 is 1.12 bits per heavy atom. The van der Waals surface area contributed by atoms with E-state index in [2.05, 4.69) is 24.4 Å². The van der Waals surface area contributed by atoms with Crippen molar-refractivity contribution in [3.8, 4) is 0 Å². The number of rotatable bonds is 5. The Bertz CT molecular complexity index is 814. The molecule has 26 heavy (non-hydrogen) atoms. The van der Waals surface area contributed by atoms with Crippen LogP contribution in [-0.4, -0.2) is 22.8 Å². The molecular formula is C22H24N2O2. The van der Waals surface area contributed by atoms with E-state index in [1.807, 2.05) is 47.4 Å². The number of para-hydroxylation sites is 1. The van der Waals surface area contributed by atoms with E-state index in [0.717, 1.165) is 16.8 Å². The first-order chi connectivity index (χ1) is 12.6. The van der Waals surface area contributed by atoms with Crippen molar-refractivity contribution in [3.05, 3.63) is 65.7 Å². The van der Waals surface area contributed by atoms with Crippen LogP contribution in [0.25, 0.3) is 0 Å². The molecule has 134 valence electrons. The van der Waals surface area contributed by atoms with Gasteiger partial charge in [0.05, 0.1) is 5.92 Å². The Kier molecular flexibility index (Phi) is 4.49. The third-order valence-corrected chi connectivity index (χ3v) is 5.57. The highest BCUT2D eigenvalue weighted by Crippen LogP contribution is 2.39. The highest BCUT2D eigenvalue weighted by Gasteiger charge is 2.39. The summed E-state index contributed by atoms with van der Waals surface area (Å²) in [4.78, 5) is 27.7. The lowest BCUT2D eigenvalue weighted by atomic mass is 9.88. The van der Waals surface area contributed by atoms with Crippen molar-refractivity contribution in [1.29, 1.82) is 0 Å². The van der Waals surface area contributed by atoms with Crippen LogP contribution in [-0.2, 0) is 16.1 Å². The molecule has 0 saturated heterocycles. The van der Waals surface area contributed by atoms with Crippen LogP contribution in [0.5, 0.6) is 0 Å². The molecule has 1 aliphatic heterocycles. The number of hydrogen-bond donors (Lipinski definition) is 1. The number of nitrogens with zero attached hydrogens (tertiary/aromatic N) is 1. The second-order valence-corrected chi connectivity index (χ2v) is 7.42. The molecule has 2 aromatic rings.